The molecule has 0 aliphatic heterocycles. The van der Waals surface area contributed by atoms with E-state index in [1.165, 1.54) is 6.92 Å². The zero-order valence-electron chi connectivity index (χ0n) is 18.4. The first-order chi connectivity index (χ1) is 15.2. The van der Waals surface area contributed by atoms with Crippen molar-refractivity contribution < 1.29 is 28.6 Å². The molecule has 7 nitrogen and oxygen atoms in total. The second-order valence-electron chi connectivity index (χ2n) is 7.60. The van der Waals surface area contributed by atoms with Crippen LogP contribution >= 0.6 is 11.6 Å². The van der Waals surface area contributed by atoms with Gasteiger partial charge in [0, 0.05) is 24.4 Å². The van der Waals surface area contributed by atoms with Crippen LogP contribution in [0.25, 0.3) is 0 Å². The lowest BCUT2D eigenvalue weighted by molar-refractivity contribution is -0.172. The molecule has 0 aliphatic rings. The van der Waals surface area contributed by atoms with Crippen LogP contribution in [0.4, 0.5) is 4.79 Å². The van der Waals surface area contributed by atoms with Gasteiger partial charge in [0.05, 0.1) is 5.92 Å². The van der Waals surface area contributed by atoms with Gasteiger partial charge in [-0.25, -0.2) is 4.79 Å². The standard InChI is InChI=1S/C24H28ClNO6/c1-16(2)23(30-17(3)27)32-24(29)26-14-13-19(15-18-7-5-4-6-8-18)22(28)31-21-11-9-20(25)10-12-21/h4-12,16,19,23H,13-15H2,1-3H3,(H,26,29). The van der Waals surface area contributed by atoms with E-state index in [-0.39, 0.29) is 12.5 Å². The van der Waals surface area contributed by atoms with Crippen LogP contribution in [0.3, 0.4) is 0 Å². The third-order valence-electron chi connectivity index (χ3n) is 4.50. The molecule has 2 unspecified atom stereocenters. The summed E-state index contributed by atoms with van der Waals surface area (Å²) in [6.45, 7) is 4.96. The van der Waals surface area contributed by atoms with Crippen molar-refractivity contribution in [3.05, 3.63) is 65.2 Å². The Balaban J connectivity index is 1.96. The zero-order valence-corrected chi connectivity index (χ0v) is 19.1. The summed E-state index contributed by atoms with van der Waals surface area (Å²) in [7, 11) is 0. The van der Waals surface area contributed by atoms with Crippen LogP contribution in [0.2, 0.25) is 5.02 Å². The van der Waals surface area contributed by atoms with Crippen molar-refractivity contribution in [3.63, 3.8) is 0 Å². The van der Waals surface area contributed by atoms with Gasteiger partial charge in [0.2, 0.25) is 0 Å². The number of alkyl carbamates (subject to hydrolysis) is 1. The summed E-state index contributed by atoms with van der Waals surface area (Å²) in [6.07, 6.45) is -0.931. The van der Waals surface area contributed by atoms with Crippen LogP contribution in [-0.2, 0) is 25.5 Å². The van der Waals surface area contributed by atoms with E-state index in [0.717, 1.165) is 5.56 Å². The fourth-order valence-electron chi connectivity index (χ4n) is 2.86. The maximum absolute atomic E-state index is 12.8. The number of esters is 2. The lowest BCUT2D eigenvalue weighted by Gasteiger charge is -2.21. The van der Waals surface area contributed by atoms with Gasteiger partial charge in [-0.05, 0) is 42.7 Å². The Bertz CT molecular complexity index is 885. The largest absolute Gasteiger partial charge is 0.426 e. The number of rotatable bonds is 10. The fraction of sp³-hybridized carbons (Fsp3) is 0.375. The molecule has 2 aromatic rings. The molecule has 1 amide bonds. The van der Waals surface area contributed by atoms with E-state index in [2.05, 4.69) is 5.32 Å². The summed E-state index contributed by atoms with van der Waals surface area (Å²) >= 11 is 5.88. The van der Waals surface area contributed by atoms with Crippen LogP contribution < -0.4 is 10.1 Å². The van der Waals surface area contributed by atoms with Gasteiger partial charge in [0.15, 0.2) is 0 Å². The van der Waals surface area contributed by atoms with Gasteiger partial charge in [-0.2, -0.15) is 0 Å². The molecular formula is C24H28ClNO6. The molecule has 0 bridgehead atoms. The molecule has 0 radical (unpaired) electrons. The zero-order chi connectivity index (χ0) is 23.5. The normalized spacial score (nSPS) is 12.5. The number of carbonyl (C=O) groups excluding carboxylic acids is 3. The predicted molar refractivity (Wildman–Crippen MR) is 120 cm³/mol. The highest BCUT2D eigenvalue weighted by Crippen LogP contribution is 2.20. The topological polar surface area (TPSA) is 90.9 Å². The Kier molecular flexibility index (Phi) is 10.0. The molecule has 0 aromatic heterocycles. The average Bonchev–Trinajstić information content (AvgIpc) is 2.74. The molecule has 0 aliphatic carbocycles. The Morgan fingerprint density at radius 2 is 1.62 bits per heavy atom. The molecule has 0 spiro atoms. The average molecular weight is 462 g/mol. The van der Waals surface area contributed by atoms with E-state index in [4.69, 9.17) is 25.8 Å². The Morgan fingerprint density at radius 1 is 0.969 bits per heavy atom. The summed E-state index contributed by atoms with van der Waals surface area (Å²) in [6, 6.07) is 16.1. The second-order valence-corrected chi connectivity index (χ2v) is 8.04. The van der Waals surface area contributed by atoms with E-state index >= 15 is 0 Å². The smallest absolute Gasteiger partial charge is 0.410 e. The number of ether oxygens (including phenoxy) is 3. The second kappa shape index (κ2) is 12.7. The third-order valence-corrected chi connectivity index (χ3v) is 4.75. The van der Waals surface area contributed by atoms with Gasteiger partial charge in [0.1, 0.15) is 5.75 Å². The minimum Gasteiger partial charge on any atom is -0.426 e. The maximum atomic E-state index is 12.8. The molecule has 172 valence electrons. The van der Waals surface area contributed by atoms with E-state index < -0.39 is 30.2 Å². The number of hydrogen-bond acceptors (Lipinski definition) is 6. The van der Waals surface area contributed by atoms with E-state index in [1.54, 1.807) is 38.1 Å². The SMILES string of the molecule is CC(=O)OC(OC(=O)NCCC(Cc1ccccc1)C(=O)Oc1ccc(Cl)cc1)C(C)C. The molecule has 2 atom stereocenters. The number of nitrogens with one attached hydrogen (secondary N) is 1. The van der Waals surface area contributed by atoms with Gasteiger partial charge < -0.3 is 19.5 Å². The van der Waals surface area contributed by atoms with E-state index in [1.807, 2.05) is 30.3 Å². The number of benzene rings is 2. The fourth-order valence-corrected chi connectivity index (χ4v) is 2.99. The van der Waals surface area contributed by atoms with Crippen LogP contribution in [0, 0.1) is 11.8 Å². The summed E-state index contributed by atoms with van der Waals surface area (Å²) in [5.74, 6) is -1.26. The highest BCUT2D eigenvalue weighted by atomic mass is 35.5. The number of carbonyl (C=O) groups is 3. The molecule has 0 saturated carbocycles. The van der Waals surface area contributed by atoms with Crippen molar-refractivity contribution in [2.75, 3.05) is 6.54 Å². The number of halogens is 1. The number of amides is 1. The van der Waals surface area contributed by atoms with E-state index in [9.17, 15) is 14.4 Å². The van der Waals surface area contributed by atoms with Crippen molar-refractivity contribution >= 4 is 29.6 Å². The van der Waals surface area contributed by atoms with Crippen LogP contribution in [0.1, 0.15) is 32.8 Å². The molecular weight excluding hydrogens is 434 g/mol. The first-order valence-corrected chi connectivity index (χ1v) is 10.7. The van der Waals surface area contributed by atoms with Gasteiger partial charge in [-0.1, -0.05) is 55.8 Å². The van der Waals surface area contributed by atoms with Crippen molar-refractivity contribution in [2.24, 2.45) is 11.8 Å². The molecule has 2 rings (SSSR count). The van der Waals surface area contributed by atoms with Crippen molar-refractivity contribution in [3.8, 4) is 5.75 Å². The van der Waals surface area contributed by atoms with Gasteiger partial charge in [-0.15, -0.1) is 0 Å². The predicted octanol–water partition coefficient (Wildman–Crippen LogP) is 4.77. The van der Waals surface area contributed by atoms with E-state index in [0.29, 0.717) is 23.6 Å². The lowest BCUT2D eigenvalue weighted by atomic mass is 9.96. The van der Waals surface area contributed by atoms with Crippen molar-refractivity contribution in [1.29, 1.82) is 0 Å². The summed E-state index contributed by atoms with van der Waals surface area (Å²) in [5, 5.41) is 3.15. The van der Waals surface area contributed by atoms with Crippen molar-refractivity contribution in [2.45, 2.75) is 39.9 Å². The molecule has 2 aromatic carbocycles. The maximum Gasteiger partial charge on any atom is 0.410 e. The summed E-state index contributed by atoms with van der Waals surface area (Å²) < 4.78 is 15.7. The molecule has 0 fully saturated rings. The van der Waals surface area contributed by atoms with Gasteiger partial charge in [-0.3, -0.25) is 9.59 Å². The van der Waals surface area contributed by atoms with Crippen LogP contribution in [0.15, 0.2) is 54.6 Å². The lowest BCUT2D eigenvalue weighted by Crippen LogP contribution is -2.36. The van der Waals surface area contributed by atoms with Gasteiger partial charge in [0.25, 0.3) is 6.29 Å². The highest BCUT2D eigenvalue weighted by Gasteiger charge is 2.24. The van der Waals surface area contributed by atoms with Crippen molar-refractivity contribution in [1.82, 2.24) is 5.32 Å². The highest BCUT2D eigenvalue weighted by molar-refractivity contribution is 6.30. The molecule has 32 heavy (non-hydrogen) atoms. The Hall–Kier alpha value is -3.06. The molecule has 8 heteroatoms. The molecule has 1 N–H and O–H groups in total. The first kappa shape index (κ1) is 25.2. The minimum atomic E-state index is -0.984. The van der Waals surface area contributed by atoms with Crippen LogP contribution in [-0.4, -0.2) is 30.9 Å². The first-order valence-electron chi connectivity index (χ1n) is 10.4. The Morgan fingerprint density at radius 3 is 2.22 bits per heavy atom. The minimum absolute atomic E-state index is 0.178. The summed E-state index contributed by atoms with van der Waals surface area (Å²) in [5.41, 5.74) is 0.975. The quantitative estimate of drug-likeness (QED) is 0.311. The summed E-state index contributed by atoms with van der Waals surface area (Å²) in [4.78, 5) is 36.1. The molecule has 0 heterocycles. The number of hydrogen-bond donors (Lipinski definition) is 1. The monoisotopic (exact) mass is 461 g/mol. The molecule has 0 saturated heterocycles. The third kappa shape index (κ3) is 8.98. The van der Waals surface area contributed by atoms with Crippen LogP contribution in [0.5, 0.6) is 5.75 Å². The Labute approximate surface area is 193 Å². The van der Waals surface area contributed by atoms with Gasteiger partial charge >= 0.3 is 18.0 Å².